The minimum atomic E-state index is -0.948. The minimum Gasteiger partial charge on any atom is -0.481 e. The van der Waals surface area contributed by atoms with Crippen LogP contribution in [0.5, 0.6) is 0 Å². The summed E-state index contributed by atoms with van der Waals surface area (Å²) in [4.78, 5) is 39.9. The largest absolute Gasteiger partial charge is 0.481 e. The van der Waals surface area contributed by atoms with E-state index in [0.29, 0.717) is 38.3 Å². The number of ether oxygens (including phenoxy) is 1. The highest BCUT2D eigenvalue weighted by atomic mass is 16.5. The number of likely N-dealkylation sites (tertiary alicyclic amines) is 1. The summed E-state index contributed by atoms with van der Waals surface area (Å²) in [6, 6.07) is 8.53. The molecular weight excluding hydrogens is 350 g/mol. The summed E-state index contributed by atoms with van der Waals surface area (Å²) in [7, 11) is 0. The number of morpholine rings is 1. The van der Waals surface area contributed by atoms with Crippen molar-refractivity contribution in [2.75, 3.05) is 38.2 Å². The molecule has 2 heterocycles. The number of para-hydroxylation sites is 1. The van der Waals surface area contributed by atoms with Crippen LogP contribution in [0.2, 0.25) is 0 Å². The van der Waals surface area contributed by atoms with Crippen molar-refractivity contribution in [1.29, 1.82) is 0 Å². The van der Waals surface area contributed by atoms with Crippen LogP contribution in [0.4, 0.5) is 10.5 Å². The van der Waals surface area contributed by atoms with Gasteiger partial charge in [-0.15, -0.1) is 0 Å². The Kier molecular flexibility index (Phi) is 6.28. The van der Waals surface area contributed by atoms with E-state index in [1.807, 2.05) is 30.3 Å². The lowest BCUT2D eigenvalue weighted by molar-refractivity contribution is -0.150. The molecule has 2 atom stereocenters. The normalized spacial score (nSPS) is 23.0. The number of carbonyl (C=O) groups excluding carboxylic acids is 2. The first-order valence-electron chi connectivity index (χ1n) is 9.25. The van der Waals surface area contributed by atoms with Gasteiger partial charge in [0.05, 0.1) is 31.6 Å². The van der Waals surface area contributed by atoms with Crippen LogP contribution in [0.25, 0.3) is 0 Å². The standard InChI is InChI=1S/C19H25N3O5/c23-17(24)11-16-13-27-10-9-22(16)18(25)14-5-4-8-21(12-14)19(26)20-15-6-2-1-3-7-15/h1-3,6-7,14,16H,4-5,8-13H2,(H,20,26)(H,23,24). The van der Waals surface area contributed by atoms with E-state index in [2.05, 4.69) is 5.32 Å². The summed E-state index contributed by atoms with van der Waals surface area (Å²) in [5.74, 6) is -1.34. The Balaban J connectivity index is 1.61. The second-order valence-corrected chi connectivity index (χ2v) is 6.94. The number of nitrogens with one attached hydrogen (secondary N) is 1. The third-order valence-electron chi connectivity index (χ3n) is 5.00. The molecule has 1 aromatic carbocycles. The first-order valence-corrected chi connectivity index (χ1v) is 9.25. The molecule has 0 aromatic heterocycles. The van der Waals surface area contributed by atoms with Crippen LogP contribution >= 0.6 is 0 Å². The minimum absolute atomic E-state index is 0.0817. The maximum absolute atomic E-state index is 13.0. The lowest BCUT2D eigenvalue weighted by atomic mass is 9.95. The van der Waals surface area contributed by atoms with Crippen molar-refractivity contribution in [1.82, 2.24) is 9.80 Å². The molecule has 1 aromatic rings. The second kappa shape index (κ2) is 8.85. The quantitative estimate of drug-likeness (QED) is 0.833. The van der Waals surface area contributed by atoms with Gasteiger partial charge >= 0.3 is 12.0 Å². The van der Waals surface area contributed by atoms with Gasteiger partial charge in [0.25, 0.3) is 0 Å². The number of nitrogens with zero attached hydrogens (tertiary/aromatic N) is 2. The molecule has 2 aliphatic rings. The number of benzene rings is 1. The summed E-state index contributed by atoms with van der Waals surface area (Å²) in [5.41, 5.74) is 0.714. The molecule has 3 rings (SSSR count). The number of anilines is 1. The number of carboxylic acids is 1. The Morgan fingerprint density at radius 3 is 2.70 bits per heavy atom. The molecule has 2 saturated heterocycles. The smallest absolute Gasteiger partial charge is 0.321 e. The number of hydrogen-bond acceptors (Lipinski definition) is 4. The number of hydrogen-bond donors (Lipinski definition) is 2. The van der Waals surface area contributed by atoms with Crippen LogP contribution < -0.4 is 5.32 Å². The second-order valence-electron chi connectivity index (χ2n) is 6.94. The first-order chi connectivity index (χ1) is 13.0. The predicted molar refractivity (Wildman–Crippen MR) is 98.3 cm³/mol. The highest BCUT2D eigenvalue weighted by molar-refractivity contribution is 5.90. The topological polar surface area (TPSA) is 99.2 Å². The fourth-order valence-electron chi connectivity index (χ4n) is 3.64. The third kappa shape index (κ3) is 4.97. The molecular formula is C19H25N3O5. The van der Waals surface area contributed by atoms with E-state index >= 15 is 0 Å². The van der Waals surface area contributed by atoms with Crippen molar-refractivity contribution in [3.63, 3.8) is 0 Å². The third-order valence-corrected chi connectivity index (χ3v) is 5.00. The molecule has 2 N–H and O–H groups in total. The van der Waals surface area contributed by atoms with E-state index < -0.39 is 12.0 Å². The van der Waals surface area contributed by atoms with Crippen molar-refractivity contribution in [2.24, 2.45) is 5.92 Å². The van der Waals surface area contributed by atoms with Gasteiger partial charge in [0.15, 0.2) is 0 Å². The van der Waals surface area contributed by atoms with Crippen molar-refractivity contribution in [2.45, 2.75) is 25.3 Å². The van der Waals surface area contributed by atoms with Crippen LogP contribution in [0.3, 0.4) is 0 Å². The van der Waals surface area contributed by atoms with Crippen LogP contribution in [-0.4, -0.2) is 71.7 Å². The maximum Gasteiger partial charge on any atom is 0.321 e. The molecule has 0 saturated carbocycles. The Labute approximate surface area is 158 Å². The molecule has 8 heteroatoms. The Morgan fingerprint density at radius 1 is 1.19 bits per heavy atom. The van der Waals surface area contributed by atoms with E-state index in [1.54, 1.807) is 9.80 Å². The highest BCUT2D eigenvalue weighted by Gasteiger charge is 2.36. The molecule has 0 aliphatic carbocycles. The van der Waals surface area contributed by atoms with Crippen LogP contribution in [0, 0.1) is 5.92 Å². The number of carbonyl (C=O) groups is 3. The summed E-state index contributed by atoms with van der Waals surface area (Å²) in [6.45, 7) is 1.98. The van der Waals surface area contributed by atoms with Gasteiger partial charge in [-0.2, -0.15) is 0 Å². The van der Waals surface area contributed by atoms with Gasteiger partial charge in [-0.3, -0.25) is 9.59 Å². The zero-order valence-electron chi connectivity index (χ0n) is 15.2. The van der Waals surface area contributed by atoms with Crippen LogP contribution in [-0.2, 0) is 14.3 Å². The monoisotopic (exact) mass is 375 g/mol. The summed E-state index contributed by atoms with van der Waals surface area (Å²) >= 11 is 0. The number of urea groups is 1. The average molecular weight is 375 g/mol. The van der Waals surface area contributed by atoms with Gasteiger partial charge in [-0.25, -0.2) is 4.79 Å². The Bertz CT molecular complexity index is 681. The molecule has 0 spiro atoms. The van der Waals surface area contributed by atoms with E-state index in [9.17, 15) is 14.4 Å². The number of rotatable bonds is 4. The lowest BCUT2D eigenvalue weighted by Gasteiger charge is -2.39. The van der Waals surface area contributed by atoms with Crippen molar-refractivity contribution >= 4 is 23.6 Å². The van der Waals surface area contributed by atoms with Gasteiger partial charge in [-0.1, -0.05) is 18.2 Å². The van der Waals surface area contributed by atoms with Gasteiger partial charge in [0.1, 0.15) is 0 Å². The Morgan fingerprint density at radius 2 is 1.96 bits per heavy atom. The molecule has 146 valence electrons. The summed E-state index contributed by atoms with van der Waals surface area (Å²) in [6.07, 6.45) is 1.31. The van der Waals surface area contributed by atoms with Gasteiger partial charge in [0, 0.05) is 25.3 Å². The zero-order chi connectivity index (χ0) is 19.2. The average Bonchev–Trinajstić information content (AvgIpc) is 2.68. The highest BCUT2D eigenvalue weighted by Crippen LogP contribution is 2.23. The van der Waals surface area contributed by atoms with E-state index in [-0.39, 0.29) is 30.9 Å². The molecule has 27 heavy (non-hydrogen) atoms. The molecule has 2 fully saturated rings. The summed E-state index contributed by atoms with van der Waals surface area (Å²) in [5, 5.41) is 11.9. The molecule has 3 amide bonds. The summed E-state index contributed by atoms with van der Waals surface area (Å²) < 4.78 is 5.34. The van der Waals surface area contributed by atoms with Crippen LogP contribution in [0.1, 0.15) is 19.3 Å². The molecule has 8 nitrogen and oxygen atoms in total. The van der Waals surface area contributed by atoms with Gasteiger partial charge in [-0.05, 0) is 25.0 Å². The van der Waals surface area contributed by atoms with Crippen molar-refractivity contribution in [3.05, 3.63) is 30.3 Å². The number of carboxylic acid groups (broad SMARTS) is 1. The molecule has 0 bridgehead atoms. The Hall–Kier alpha value is -2.61. The molecule has 2 aliphatic heterocycles. The first kappa shape index (κ1) is 19.2. The fraction of sp³-hybridized carbons (Fsp3) is 0.526. The van der Waals surface area contributed by atoms with Crippen molar-refractivity contribution < 1.29 is 24.2 Å². The molecule has 2 unspecified atom stereocenters. The number of aliphatic carboxylic acids is 1. The SMILES string of the molecule is O=C(O)CC1COCCN1C(=O)C1CCCN(C(=O)Nc2ccccc2)C1. The van der Waals surface area contributed by atoms with E-state index in [1.165, 1.54) is 0 Å². The van der Waals surface area contributed by atoms with E-state index in [4.69, 9.17) is 9.84 Å². The van der Waals surface area contributed by atoms with E-state index in [0.717, 1.165) is 6.42 Å². The van der Waals surface area contributed by atoms with Crippen molar-refractivity contribution in [3.8, 4) is 0 Å². The number of amides is 3. The van der Waals surface area contributed by atoms with Gasteiger partial charge in [0.2, 0.25) is 5.91 Å². The van der Waals surface area contributed by atoms with Crippen LogP contribution in [0.15, 0.2) is 30.3 Å². The number of piperidine rings is 1. The molecule has 0 radical (unpaired) electrons. The fourth-order valence-corrected chi connectivity index (χ4v) is 3.64. The zero-order valence-corrected chi connectivity index (χ0v) is 15.2. The maximum atomic E-state index is 13.0. The lowest BCUT2D eigenvalue weighted by Crippen LogP contribution is -2.54. The van der Waals surface area contributed by atoms with Gasteiger partial charge < -0.3 is 25.0 Å². The predicted octanol–water partition coefficient (Wildman–Crippen LogP) is 1.63.